The minimum Gasteiger partial charge on any atom is -0.375 e. The highest BCUT2D eigenvalue weighted by molar-refractivity contribution is 4.79. The first-order chi connectivity index (χ1) is 5.64. The fourth-order valence-corrected chi connectivity index (χ4v) is 1.24. The molecule has 0 aromatic rings. The highest BCUT2D eigenvalue weighted by Gasteiger charge is 2.30. The van der Waals surface area contributed by atoms with Gasteiger partial charge in [0, 0.05) is 6.54 Å². The van der Waals surface area contributed by atoms with Gasteiger partial charge >= 0.3 is 0 Å². The van der Waals surface area contributed by atoms with Crippen LogP contribution < -0.4 is 5.32 Å². The van der Waals surface area contributed by atoms with E-state index in [-0.39, 0.29) is 11.8 Å². The molecule has 0 radical (unpaired) electrons. The number of ether oxygens (including phenoxy) is 2. The Labute approximate surface area is 73.7 Å². The van der Waals surface area contributed by atoms with E-state index in [1.807, 2.05) is 13.8 Å². The molecule has 0 spiro atoms. The monoisotopic (exact) mass is 171 g/mol. The second-order valence-corrected chi connectivity index (χ2v) is 3.46. The quantitative estimate of drug-likeness (QED) is 0.504. The largest absolute Gasteiger partial charge is 0.375 e. The van der Waals surface area contributed by atoms with Crippen molar-refractivity contribution in [2.75, 3.05) is 19.8 Å². The fraction of sp³-hybridized carbons (Fsp3) is 0.778. The lowest BCUT2D eigenvalue weighted by Crippen LogP contribution is -2.33. The highest BCUT2D eigenvalue weighted by atomic mass is 16.6. The Kier molecular flexibility index (Phi) is 3.26. The zero-order valence-corrected chi connectivity index (χ0v) is 7.80. The molecule has 1 atom stereocenters. The Bertz CT molecular complexity index is 157. The van der Waals surface area contributed by atoms with Crippen molar-refractivity contribution in [1.29, 1.82) is 0 Å². The predicted octanol–water partition coefficient (Wildman–Crippen LogP) is 0.913. The number of rotatable bonds is 4. The van der Waals surface area contributed by atoms with E-state index >= 15 is 0 Å². The second kappa shape index (κ2) is 4.03. The molecule has 1 aliphatic rings. The van der Waals surface area contributed by atoms with Gasteiger partial charge in [0.05, 0.1) is 19.3 Å². The summed E-state index contributed by atoms with van der Waals surface area (Å²) in [5, 5.41) is 3.24. The molecule has 0 amide bonds. The maximum Gasteiger partial charge on any atom is 0.114 e. The predicted molar refractivity (Wildman–Crippen MR) is 48.0 cm³/mol. The number of hydrogen-bond donors (Lipinski definition) is 1. The van der Waals surface area contributed by atoms with Crippen LogP contribution in [-0.2, 0) is 9.47 Å². The van der Waals surface area contributed by atoms with Crippen LogP contribution >= 0.6 is 0 Å². The van der Waals surface area contributed by atoms with E-state index in [0.29, 0.717) is 13.2 Å². The van der Waals surface area contributed by atoms with Crippen molar-refractivity contribution in [2.45, 2.75) is 25.7 Å². The second-order valence-electron chi connectivity index (χ2n) is 3.46. The fourth-order valence-electron chi connectivity index (χ4n) is 1.24. The lowest BCUT2D eigenvalue weighted by molar-refractivity contribution is -0.0534. The summed E-state index contributed by atoms with van der Waals surface area (Å²) in [6.07, 6.45) is 1.92. The van der Waals surface area contributed by atoms with Crippen LogP contribution in [0.4, 0.5) is 0 Å². The van der Waals surface area contributed by atoms with E-state index < -0.39 is 0 Å². The molecule has 1 saturated heterocycles. The third-order valence-electron chi connectivity index (χ3n) is 1.76. The van der Waals surface area contributed by atoms with Crippen molar-refractivity contribution in [3.63, 3.8) is 0 Å². The van der Waals surface area contributed by atoms with Gasteiger partial charge in [-0.25, -0.2) is 0 Å². The molecular weight excluding hydrogens is 154 g/mol. The summed E-state index contributed by atoms with van der Waals surface area (Å²) in [7, 11) is 0. The van der Waals surface area contributed by atoms with Crippen molar-refractivity contribution >= 4 is 0 Å². The van der Waals surface area contributed by atoms with Crippen molar-refractivity contribution in [2.24, 2.45) is 0 Å². The molecule has 1 unspecified atom stereocenters. The maximum absolute atomic E-state index is 5.62. The van der Waals surface area contributed by atoms with Crippen LogP contribution in [0.25, 0.3) is 0 Å². The average Bonchev–Trinajstić information content (AvgIpc) is 2.31. The molecule has 70 valence electrons. The summed E-state index contributed by atoms with van der Waals surface area (Å²) < 4.78 is 10.9. The number of hydrogen-bond acceptors (Lipinski definition) is 3. The molecule has 1 aliphatic heterocycles. The average molecular weight is 171 g/mol. The minimum atomic E-state index is -0.192. The SMILES string of the molecule is C=CCOCC1CNC(C)(C)O1. The topological polar surface area (TPSA) is 30.5 Å². The van der Waals surface area contributed by atoms with Crippen molar-refractivity contribution < 1.29 is 9.47 Å². The standard InChI is InChI=1S/C9H17NO2/c1-4-5-11-7-8-6-10-9(2,3)12-8/h4,8,10H,1,5-7H2,2-3H3. The molecule has 1 N–H and O–H groups in total. The summed E-state index contributed by atoms with van der Waals surface area (Å²) >= 11 is 0. The van der Waals surface area contributed by atoms with E-state index in [9.17, 15) is 0 Å². The smallest absolute Gasteiger partial charge is 0.114 e. The first-order valence-corrected chi connectivity index (χ1v) is 4.25. The van der Waals surface area contributed by atoms with Crippen molar-refractivity contribution in [3.8, 4) is 0 Å². The van der Waals surface area contributed by atoms with Gasteiger partial charge in [-0.05, 0) is 13.8 Å². The Morgan fingerprint density at radius 3 is 3.00 bits per heavy atom. The molecule has 12 heavy (non-hydrogen) atoms. The molecule has 3 nitrogen and oxygen atoms in total. The van der Waals surface area contributed by atoms with Crippen molar-refractivity contribution in [3.05, 3.63) is 12.7 Å². The Morgan fingerprint density at radius 2 is 2.50 bits per heavy atom. The zero-order chi connectivity index (χ0) is 9.03. The summed E-state index contributed by atoms with van der Waals surface area (Å²) in [6, 6.07) is 0. The molecule has 0 aromatic heterocycles. The van der Waals surface area contributed by atoms with E-state index in [4.69, 9.17) is 9.47 Å². The molecule has 1 heterocycles. The molecular formula is C9H17NO2. The Morgan fingerprint density at radius 1 is 1.75 bits per heavy atom. The molecule has 3 heteroatoms. The normalized spacial score (nSPS) is 27.3. The van der Waals surface area contributed by atoms with Crippen molar-refractivity contribution in [1.82, 2.24) is 5.32 Å². The van der Waals surface area contributed by atoms with E-state index in [1.54, 1.807) is 6.08 Å². The van der Waals surface area contributed by atoms with Gasteiger partial charge in [-0.3, -0.25) is 5.32 Å². The summed E-state index contributed by atoms with van der Waals surface area (Å²) in [4.78, 5) is 0. The highest BCUT2D eigenvalue weighted by Crippen LogP contribution is 2.15. The van der Waals surface area contributed by atoms with Crippen LogP contribution in [-0.4, -0.2) is 31.6 Å². The summed E-state index contributed by atoms with van der Waals surface area (Å²) in [6.45, 7) is 9.70. The van der Waals surface area contributed by atoms with Crippen LogP contribution in [0.2, 0.25) is 0 Å². The minimum absolute atomic E-state index is 0.181. The van der Waals surface area contributed by atoms with Crippen LogP contribution in [0.15, 0.2) is 12.7 Å². The molecule has 0 saturated carbocycles. The Hall–Kier alpha value is -0.380. The van der Waals surface area contributed by atoms with Gasteiger partial charge in [-0.2, -0.15) is 0 Å². The molecule has 0 bridgehead atoms. The van der Waals surface area contributed by atoms with E-state index in [0.717, 1.165) is 6.54 Å². The van der Waals surface area contributed by atoms with Gasteiger partial charge in [-0.15, -0.1) is 6.58 Å². The van der Waals surface area contributed by atoms with Gasteiger partial charge in [-0.1, -0.05) is 6.08 Å². The first kappa shape index (κ1) is 9.71. The van der Waals surface area contributed by atoms with Gasteiger partial charge in [0.1, 0.15) is 5.72 Å². The van der Waals surface area contributed by atoms with E-state index in [2.05, 4.69) is 11.9 Å². The third kappa shape index (κ3) is 2.93. The van der Waals surface area contributed by atoms with Gasteiger partial charge < -0.3 is 9.47 Å². The molecule has 0 aromatic carbocycles. The van der Waals surface area contributed by atoms with Crippen LogP contribution in [0.3, 0.4) is 0 Å². The van der Waals surface area contributed by atoms with Gasteiger partial charge in [0.25, 0.3) is 0 Å². The van der Waals surface area contributed by atoms with Gasteiger partial charge in [0.2, 0.25) is 0 Å². The van der Waals surface area contributed by atoms with Crippen LogP contribution in [0.1, 0.15) is 13.8 Å². The van der Waals surface area contributed by atoms with Crippen LogP contribution in [0, 0.1) is 0 Å². The lowest BCUT2D eigenvalue weighted by Gasteiger charge is -2.18. The summed E-state index contributed by atoms with van der Waals surface area (Å²) in [5.74, 6) is 0. The maximum atomic E-state index is 5.62. The Balaban J connectivity index is 2.15. The summed E-state index contributed by atoms with van der Waals surface area (Å²) in [5.41, 5.74) is -0.192. The zero-order valence-electron chi connectivity index (χ0n) is 7.80. The lowest BCUT2D eigenvalue weighted by atomic mass is 10.3. The van der Waals surface area contributed by atoms with E-state index in [1.165, 1.54) is 0 Å². The number of nitrogens with one attached hydrogen (secondary N) is 1. The molecule has 0 aliphatic carbocycles. The first-order valence-electron chi connectivity index (χ1n) is 4.25. The third-order valence-corrected chi connectivity index (χ3v) is 1.76. The van der Waals surface area contributed by atoms with Gasteiger partial charge in [0.15, 0.2) is 0 Å². The molecule has 1 rings (SSSR count). The molecule has 1 fully saturated rings. The van der Waals surface area contributed by atoms with Crippen LogP contribution in [0.5, 0.6) is 0 Å².